The van der Waals surface area contributed by atoms with Crippen LogP contribution in [0.1, 0.15) is 16.8 Å². The Bertz CT molecular complexity index is 483. The summed E-state index contributed by atoms with van der Waals surface area (Å²) in [5.74, 6) is 0.0355. The predicted molar refractivity (Wildman–Crippen MR) is 88.1 cm³/mol. The van der Waals surface area contributed by atoms with Crippen molar-refractivity contribution in [3.8, 4) is 0 Å². The normalized spacial score (nSPS) is 10.3. The van der Waals surface area contributed by atoms with Crippen LogP contribution in [0.4, 0.5) is 0 Å². The fourth-order valence-corrected chi connectivity index (χ4v) is 2.55. The molecule has 0 saturated carbocycles. The molecule has 0 aromatic heterocycles. The van der Waals surface area contributed by atoms with E-state index < -0.39 is 0 Å². The Morgan fingerprint density at radius 1 is 1.23 bits per heavy atom. The minimum atomic E-state index is -0.142. The van der Waals surface area contributed by atoms with Crippen LogP contribution < -0.4 is 16.4 Å². The van der Waals surface area contributed by atoms with Crippen LogP contribution in [0.25, 0.3) is 0 Å². The van der Waals surface area contributed by atoms with Crippen LogP contribution >= 0.6 is 11.8 Å². The van der Waals surface area contributed by atoms with Gasteiger partial charge >= 0.3 is 0 Å². The minimum absolute atomic E-state index is 0.0830. The smallest absolute Gasteiger partial charge is 0.252 e. The van der Waals surface area contributed by atoms with Gasteiger partial charge in [0.25, 0.3) is 5.91 Å². The first-order valence-corrected chi connectivity index (χ1v) is 8.13. The van der Waals surface area contributed by atoms with Crippen LogP contribution in [-0.2, 0) is 9.53 Å². The van der Waals surface area contributed by atoms with Gasteiger partial charge in [0.1, 0.15) is 0 Å². The summed E-state index contributed by atoms with van der Waals surface area (Å²) in [6.45, 7) is 2.05. The van der Waals surface area contributed by atoms with E-state index in [9.17, 15) is 9.59 Å². The van der Waals surface area contributed by atoms with Crippen LogP contribution in [-0.4, -0.2) is 50.9 Å². The molecule has 122 valence electrons. The van der Waals surface area contributed by atoms with Crippen molar-refractivity contribution in [1.29, 1.82) is 0 Å². The van der Waals surface area contributed by atoms with Crippen molar-refractivity contribution in [2.75, 3.05) is 39.1 Å². The monoisotopic (exact) mass is 325 g/mol. The third-order valence-corrected chi connectivity index (χ3v) is 3.86. The Labute approximate surface area is 135 Å². The highest BCUT2D eigenvalue weighted by atomic mass is 32.2. The number of amides is 2. The molecule has 2 amide bonds. The number of benzene rings is 1. The number of methoxy groups -OCH3 is 1. The Balaban J connectivity index is 2.52. The highest BCUT2D eigenvalue weighted by Crippen LogP contribution is 2.22. The molecule has 0 heterocycles. The number of hydrogen-bond donors (Lipinski definition) is 3. The maximum absolute atomic E-state index is 12.1. The van der Waals surface area contributed by atoms with Gasteiger partial charge in [-0.2, -0.15) is 0 Å². The number of carbonyl (C=O) groups is 2. The molecule has 0 saturated heterocycles. The largest absolute Gasteiger partial charge is 0.383 e. The predicted octanol–water partition coefficient (Wildman–Crippen LogP) is 0.620. The Hall–Kier alpha value is -1.57. The lowest BCUT2D eigenvalue weighted by Crippen LogP contribution is -2.29. The SMILES string of the molecule is COCCNC(=O)CSc1ccccc1C(=O)NCCCN. The summed E-state index contributed by atoms with van der Waals surface area (Å²) in [7, 11) is 1.58. The van der Waals surface area contributed by atoms with Crippen molar-refractivity contribution < 1.29 is 14.3 Å². The number of nitrogens with one attached hydrogen (secondary N) is 2. The molecule has 6 nitrogen and oxygen atoms in total. The third-order valence-electron chi connectivity index (χ3n) is 2.79. The molecule has 0 aliphatic heterocycles. The molecule has 0 bridgehead atoms. The van der Waals surface area contributed by atoms with Gasteiger partial charge in [0.05, 0.1) is 17.9 Å². The van der Waals surface area contributed by atoms with Gasteiger partial charge in [0.2, 0.25) is 5.91 Å². The number of carbonyl (C=O) groups excluding carboxylic acids is 2. The Kier molecular flexibility index (Phi) is 9.29. The van der Waals surface area contributed by atoms with E-state index in [0.717, 1.165) is 11.3 Å². The van der Waals surface area contributed by atoms with E-state index in [1.807, 2.05) is 12.1 Å². The lowest BCUT2D eigenvalue weighted by Gasteiger charge is -2.10. The van der Waals surface area contributed by atoms with Crippen LogP contribution in [0.2, 0.25) is 0 Å². The fourth-order valence-electron chi connectivity index (χ4n) is 1.67. The molecule has 0 spiro atoms. The minimum Gasteiger partial charge on any atom is -0.383 e. The highest BCUT2D eigenvalue weighted by Gasteiger charge is 2.12. The molecule has 0 radical (unpaired) electrons. The molecule has 0 fully saturated rings. The van der Waals surface area contributed by atoms with Crippen molar-refractivity contribution in [1.82, 2.24) is 10.6 Å². The summed E-state index contributed by atoms with van der Waals surface area (Å²) in [4.78, 5) is 24.6. The average Bonchev–Trinajstić information content (AvgIpc) is 2.53. The van der Waals surface area contributed by atoms with Crippen LogP contribution in [0.15, 0.2) is 29.2 Å². The molecule has 1 aromatic rings. The Morgan fingerprint density at radius 3 is 2.73 bits per heavy atom. The lowest BCUT2D eigenvalue weighted by atomic mass is 10.2. The summed E-state index contributed by atoms with van der Waals surface area (Å²) in [6, 6.07) is 7.25. The molecule has 1 rings (SSSR count). The van der Waals surface area contributed by atoms with E-state index in [0.29, 0.717) is 31.8 Å². The first kappa shape index (κ1) is 18.5. The van der Waals surface area contributed by atoms with Crippen LogP contribution in [0, 0.1) is 0 Å². The molecule has 1 aromatic carbocycles. The van der Waals surface area contributed by atoms with Crippen molar-refractivity contribution in [3.05, 3.63) is 29.8 Å². The van der Waals surface area contributed by atoms with Crippen molar-refractivity contribution in [2.24, 2.45) is 5.73 Å². The molecular formula is C15H23N3O3S. The molecular weight excluding hydrogens is 302 g/mol. The van der Waals surface area contributed by atoms with Crippen molar-refractivity contribution in [3.63, 3.8) is 0 Å². The lowest BCUT2D eigenvalue weighted by molar-refractivity contribution is -0.118. The van der Waals surface area contributed by atoms with E-state index in [-0.39, 0.29) is 17.6 Å². The Morgan fingerprint density at radius 2 is 2.00 bits per heavy atom. The summed E-state index contributed by atoms with van der Waals surface area (Å²) in [5.41, 5.74) is 5.98. The quantitative estimate of drug-likeness (QED) is 0.433. The topological polar surface area (TPSA) is 93.4 Å². The third kappa shape index (κ3) is 6.93. The summed E-state index contributed by atoms with van der Waals surface area (Å²) < 4.78 is 4.87. The molecule has 0 unspecified atom stereocenters. The van der Waals surface area contributed by atoms with Gasteiger partial charge in [-0.15, -0.1) is 11.8 Å². The zero-order valence-corrected chi connectivity index (χ0v) is 13.6. The second-order valence-corrected chi connectivity index (χ2v) is 5.54. The number of nitrogens with two attached hydrogens (primary N) is 1. The molecule has 0 atom stereocenters. The van der Waals surface area contributed by atoms with Gasteiger partial charge in [-0.25, -0.2) is 0 Å². The van der Waals surface area contributed by atoms with E-state index in [1.54, 1.807) is 19.2 Å². The molecule has 7 heteroatoms. The van der Waals surface area contributed by atoms with Gasteiger partial charge in [0, 0.05) is 25.1 Å². The summed E-state index contributed by atoms with van der Waals surface area (Å²) >= 11 is 1.34. The zero-order valence-electron chi connectivity index (χ0n) is 12.8. The van der Waals surface area contributed by atoms with Gasteiger partial charge in [-0.05, 0) is 25.1 Å². The second kappa shape index (κ2) is 11.1. The number of rotatable bonds is 10. The van der Waals surface area contributed by atoms with E-state index in [1.165, 1.54) is 11.8 Å². The molecule has 22 heavy (non-hydrogen) atoms. The second-order valence-electron chi connectivity index (χ2n) is 4.53. The van der Waals surface area contributed by atoms with Gasteiger partial charge in [0.15, 0.2) is 0 Å². The van der Waals surface area contributed by atoms with Gasteiger partial charge in [-0.3, -0.25) is 9.59 Å². The van der Waals surface area contributed by atoms with Crippen LogP contribution in [0.3, 0.4) is 0 Å². The van der Waals surface area contributed by atoms with E-state index in [4.69, 9.17) is 10.5 Å². The first-order chi connectivity index (χ1) is 10.7. The van der Waals surface area contributed by atoms with Gasteiger partial charge in [-0.1, -0.05) is 12.1 Å². The fraction of sp³-hybridized carbons (Fsp3) is 0.467. The highest BCUT2D eigenvalue weighted by molar-refractivity contribution is 8.00. The molecule has 0 aliphatic rings. The maximum Gasteiger partial charge on any atom is 0.252 e. The van der Waals surface area contributed by atoms with E-state index >= 15 is 0 Å². The first-order valence-electron chi connectivity index (χ1n) is 7.14. The van der Waals surface area contributed by atoms with Crippen LogP contribution in [0.5, 0.6) is 0 Å². The zero-order chi connectivity index (χ0) is 16.2. The van der Waals surface area contributed by atoms with Gasteiger partial charge < -0.3 is 21.1 Å². The summed E-state index contributed by atoms with van der Waals surface area (Å²) in [5, 5.41) is 5.57. The molecule has 0 aliphatic carbocycles. The number of hydrogen-bond acceptors (Lipinski definition) is 5. The molecule has 4 N–H and O–H groups in total. The summed E-state index contributed by atoms with van der Waals surface area (Å²) in [6.07, 6.45) is 0.739. The number of ether oxygens (including phenoxy) is 1. The number of thioether (sulfide) groups is 1. The van der Waals surface area contributed by atoms with Crippen molar-refractivity contribution >= 4 is 23.6 Å². The maximum atomic E-state index is 12.1. The van der Waals surface area contributed by atoms with Crippen molar-refractivity contribution in [2.45, 2.75) is 11.3 Å². The average molecular weight is 325 g/mol. The van der Waals surface area contributed by atoms with E-state index in [2.05, 4.69) is 10.6 Å². The standard InChI is InChI=1S/C15H23N3O3S/c1-21-10-9-17-14(19)11-22-13-6-3-2-5-12(13)15(20)18-8-4-7-16/h2-3,5-6H,4,7-11,16H2,1H3,(H,17,19)(H,18,20).